The Balaban J connectivity index is 1.46. The maximum Gasteiger partial charge on any atom is 0.303 e. The summed E-state index contributed by atoms with van der Waals surface area (Å²) >= 11 is 1.40. The minimum Gasteiger partial charge on any atom is -0.506 e. The number of aromatic hydroxyl groups is 1. The highest BCUT2D eigenvalue weighted by atomic mass is 32.1. The molecule has 2 aromatic rings. The zero-order valence-corrected chi connectivity index (χ0v) is 19.0. The third-order valence-electron chi connectivity index (χ3n) is 7.56. The van der Waals surface area contributed by atoms with Crippen LogP contribution < -0.4 is 5.32 Å². The summed E-state index contributed by atoms with van der Waals surface area (Å²) in [5, 5.41) is 24.8. The number of allylic oxidation sites excluding steroid dienone is 2. The number of aliphatic carboxylic acids is 1. The molecular weight excluding hydrogens is 410 g/mol. The summed E-state index contributed by atoms with van der Waals surface area (Å²) in [6.07, 6.45) is 9.08. The van der Waals surface area contributed by atoms with Crippen molar-refractivity contribution in [2.75, 3.05) is 0 Å². The van der Waals surface area contributed by atoms with Gasteiger partial charge < -0.3 is 15.5 Å². The van der Waals surface area contributed by atoms with Gasteiger partial charge in [0.2, 0.25) is 0 Å². The van der Waals surface area contributed by atoms with Gasteiger partial charge in [-0.3, -0.25) is 9.59 Å². The first-order valence-corrected chi connectivity index (χ1v) is 12.0. The molecule has 1 aromatic carbocycles. The number of hydrogen-bond acceptors (Lipinski definition) is 4. The van der Waals surface area contributed by atoms with Gasteiger partial charge in [0, 0.05) is 23.2 Å². The maximum absolute atomic E-state index is 13.2. The van der Waals surface area contributed by atoms with Crippen LogP contribution in [0.25, 0.3) is 10.1 Å². The lowest BCUT2D eigenvalue weighted by molar-refractivity contribution is -0.137. The van der Waals surface area contributed by atoms with Crippen LogP contribution >= 0.6 is 11.3 Å². The van der Waals surface area contributed by atoms with Gasteiger partial charge in [0.05, 0.1) is 10.3 Å². The Bertz CT molecular complexity index is 1010. The van der Waals surface area contributed by atoms with Crippen LogP contribution in [0.1, 0.15) is 62.7 Å². The number of carboxylic acid groups (broad SMARTS) is 1. The van der Waals surface area contributed by atoms with Crippen molar-refractivity contribution in [3.8, 4) is 5.75 Å². The number of carboxylic acids is 1. The van der Waals surface area contributed by atoms with E-state index in [4.69, 9.17) is 5.11 Å². The summed E-state index contributed by atoms with van der Waals surface area (Å²) in [4.78, 5) is 23.9. The Kier molecular flexibility index (Phi) is 6.11. The molecule has 1 amide bonds. The molecule has 2 bridgehead atoms. The number of fused-ring (bicyclic) bond motifs is 3. The molecule has 1 aromatic heterocycles. The monoisotopic (exact) mass is 441 g/mol. The number of benzene rings is 1. The number of phenols is 1. The van der Waals surface area contributed by atoms with E-state index in [1.54, 1.807) is 12.1 Å². The molecule has 6 heteroatoms. The average Bonchev–Trinajstić information content (AvgIpc) is 3.16. The molecule has 0 unspecified atom stereocenters. The molecular formula is C25H31NO4S. The van der Waals surface area contributed by atoms with Crippen LogP contribution in [0.15, 0.2) is 35.7 Å². The molecule has 5 nitrogen and oxygen atoms in total. The molecule has 0 saturated heterocycles. The number of phenolic OH excluding ortho intramolecular Hbond substituents is 1. The second kappa shape index (κ2) is 8.65. The van der Waals surface area contributed by atoms with E-state index in [0.29, 0.717) is 29.7 Å². The highest BCUT2D eigenvalue weighted by molar-refractivity contribution is 7.18. The predicted molar refractivity (Wildman–Crippen MR) is 123 cm³/mol. The predicted octanol–water partition coefficient (Wildman–Crippen LogP) is 5.59. The van der Waals surface area contributed by atoms with Crippen molar-refractivity contribution >= 4 is 33.3 Å². The quantitative estimate of drug-likeness (QED) is 0.368. The van der Waals surface area contributed by atoms with Crippen LogP contribution in [-0.2, 0) is 4.79 Å². The lowest BCUT2D eigenvalue weighted by Crippen LogP contribution is -2.63. The highest BCUT2D eigenvalue weighted by Gasteiger charge is 2.57. The van der Waals surface area contributed by atoms with Gasteiger partial charge >= 0.3 is 5.97 Å². The summed E-state index contributed by atoms with van der Waals surface area (Å²) in [5.41, 5.74) is 0.882. The number of unbranched alkanes of at least 4 members (excludes halogenated alkanes) is 1. The van der Waals surface area contributed by atoms with Gasteiger partial charge in [-0.25, -0.2) is 0 Å². The summed E-state index contributed by atoms with van der Waals surface area (Å²) in [6.45, 7) is 4.64. The fourth-order valence-electron chi connectivity index (χ4n) is 5.57. The molecule has 3 N–H and O–H groups in total. The van der Waals surface area contributed by atoms with Crippen molar-refractivity contribution in [1.82, 2.24) is 5.32 Å². The van der Waals surface area contributed by atoms with Crippen molar-refractivity contribution in [3.63, 3.8) is 0 Å². The first kappa shape index (κ1) is 21.9. The Morgan fingerprint density at radius 3 is 2.81 bits per heavy atom. The number of carbonyl (C=O) groups excluding carboxylic acids is 1. The van der Waals surface area contributed by atoms with E-state index >= 15 is 0 Å². The van der Waals surface area contributed by atoms with E-state index in [1.165, 1.54) is 17.8 Å². The fraction of sp³-hybridized carbons (Fsp3) is 0.520. The minimum absolute atomic E-state index is 0.0570. The van der Waals surface area contributed by atoms with E-state index < -0.39 is 5.97 Å². The molecule has 0 radical (unpaired) electrons. The van der Waals surface area contributed by atoms with Crippen LogP contribution in [0.2, 0.25) is 0 Å². The van der Waals surface area contributed by atoms with E-state index in [-0.39, 0.29) is 29.5 Å². The fourth-order valence-corrected chi connectivity index (χ4v) is 6.54. The molecule has 3 fully saturated rings. The average molecular weight is 442 g/mol. The van der Waals surface area contributed by atoms with E-state index in [9.17, 15) is 14.7 Å². The van der Waals surface area contributed by atoms with Gasteiger partial charge in [0.25, 0.3) is 5.91 Å². The minimum atomic E-state index is -0.750. The Morgan fingerprint density at radius 1 is 1.26 bits per heavy atom. The molecule has 0 aliphatic heterocycles. The molecule has 0 spiro atoms. The Morgan fingerprint density at radius 2 is 2.06 bits per heavy atom. The van der Waals surface area contributed by atoms with Gasteiger partial charge in [-0.1, -0.05) is 38.1 Å². The summed E-state index contributed by atoms with van der Waals surface area (Å²) in [5.74, 6) is 0.982. The lowest BCUT2D eigenvalue weighted by atomic mass is 9.44. The number of thiophene rings is 1. The summed E-state index contributed by atoms with van der Waals surface area (Å²) < 4.78 is 0.751. The third kappa shape index (κ3) is 4.22. The SMILES string of the molecule is CC1(C)[C@@H]2C[C@H](CC=CCCCC(=O)O)[C@@H](NC(=O)c3csc4c(O)cccc34)[C@H]1C2. The smallest absolute Gasteiger partial charge is 0.303 e. The largest absolute Gasteiger partial charge is 0.506 e. The van der Waals surface area contributed by atoms with Gasteiger partial charge in [0.15, 0.2) is 0 Å². The molecule has 4 atom stereocenters. The number of rotatable bonds is 8. The van der Waals surface area contributed by atoms with Crippen molar-refractivity contribution in [2.24, 2.45) is 23.2 Å². The van der Waals surface area contributed by atoms with Crippen molar-refractivity contribution in [2.45, 2.75) is 58.4 Å². The lowest BCUT2D eigenvalue weighted by Gasteiger charge is -2.62. The second-order valence-corrected chi connectivity index (χ2v) is 10.5. The molecule has 166 valence electrons. The molecule has 1 heterocycles. The number of amides is 1. The Hall–Kier alpha value is -2.34. The highest BCUT2D eigenvalue weighted by Crippen LogP contribution is 2.61. The number of hydrogen-bond donors (Lipinski definition) is 3. The number of carbonyl (C=O) groups is 2. The van der Waals surface area contributed by atoms with E-state index in [1.807, 2.05) is 11.4 Å². The molecule has 3 saturated carbocycles. The van der Waals surface area contributed by atoms with Crippen LogP contribution in [0, 0.1) is 23.2 Å². The van der Waals surface area contributed by atoms with E-state index in [2.05, 4.69) is 31.3 Å². The van der Waals surface area contributed by atoms with Gasteiger partial charge in [-0.2, -0.15) is 0 Å². The van der Waals surface area contributed by atoms with E-state index in [0.717, 1.165) is 29.3 Å². The van der Waals surface area contributed by atoms with Gasteiger partial charge in [-0.15, -0.1) is 11.3 Å². The first-order valence-electron chi connectivity index (χ1n) is 11.2. The summed E-state index contributed by atoms with van der Waals surface area (Å²) in [7, 11) is 0. The van der Waals surface area contributed by atoms with Crippen LogP contribution in [0.3, 0.4) is 0 Å². The van der Waals surface area contributed by atoms with Crippen molar-refractivity contribution in [3.05, 3.63) is 41.3 Å². The van der Waals surface area contributed by atoms with Crippen molar-refractivity contribution < 1.29 is 19.8 Å². The van der Waals surface area contributed by atoms with Crippen LogP contribution in [-0.4, -0.2) is 28.1 Å². The standard InChI is InChI=1S/C25H31NO4S/c1-25(2)16-12-15(8-5-3-4-6-11-21(28)29)22(19(25)13-16)26-24(30)18-14-31-23-17(18)9-7-10-20(23)27/h3,5,7,9-10,14-16,19,22,27H,4,6,8,11-13H2,1-2H3,(H,26,30)(H,28,29)/t15-,16+,19+,22+/m0/s1. The molecule has 3 aliphatic carbocycles. The molecule has 31 heavy (non-hydrogen) atoms. The molecule has 3 aliphatic rings. The molecule has 5 rings (SSSR count). The second-order valence-electron chi connectivity index (χ2n) is 9.65. The van der Waals surface area contributed by atoms with Crippen molar-refractivity contribution in [1.29, 1.82) is 0 Å². The van der Waals surface area contributed by atoms with Gasteiger partial charge in [-0.05, 0) is 61.3 Å². The zero-order valence-electron chi connectivity index (χ0n) is 18.1. The third-order valence-corrected chi connectivity index (χ3v) is 8.58. The topological polar surface area (TPSA) is 86.6 Å². The maximum atomic E-state index is 13.2. The first-order chi connectivity index (χ1) is 14.8. The van der Waals surface area contributed by atoms with Crippen LogP contribution in [0.5, 0.6) is 5.75 Å². The summed E-state index contributed by atoms with van der Waals surface area (Å²) in [6, 6.07) is 5.45. The Labute approximate surface area is 187 Å². The van der Waals surface area contributed by atoms with Gasteiger partial charge in [0.1, 0.15) is 5.75 Å². The normalized spacial score (nSPS) is 26.6. The number of nitrogens with one attached hydrogen (secondary N) is 1. The zero-order chi connectivity index (χ0) is 22.2. The van der Waals surface area contributed by atoms with Crippen LogP contribution in [0.4, 0.5) is 0 Å².